The van der Waals surface area contributed by atoms with Crippen molar-refractivity contribution in [1.29, 1.82) is 0 Å². The Hall–Kier alpha value is -7.48. The summed E-state index contributed by atoms with van der Waals surface area (Å²) in [6.07, 6.45) is 0. The van der Waals surface area contributed by atoms with Crippen molar-refractivity contribution in [2.24, 2.45) is 0 Å². The smallest absolute Gasteiger partial charge is 0.0403 e. The van der Waals surface area contributed by atoms with Crippen LogP contribution in [0.4, 0.5) is 0 Å². The molecule has 0 aromatic heterocycles. The quantitative estimate of drug-likeness (QED) is 0.118. The van der Waals surface area contributed by atoms with Crippen molar-refractivity contribution >= 4 is 86.2 Å². The Labute approximate surface area is 326 Å². The maximum atomic E-state index is 3.44. The van der Waals surface area contributed by atoms with Gasteiger partial charge in [-0.15, -0.1) is 23.7 Å². The first-order chi connectivity index (χ1) is 27.6. The third-order valence-electron chi connectivity index (χ3n) is 11.2. The molecule has 56 heavy (non-hydrogen) atoms. The zero-order valence-electron chi connectivity index (χ0n) is 31.7. The Balaban J connectivity index is 1.13. The van der Waals surface area contributed by atoms with Gasteiger partial charge < -0.3 is 0 Å². The maximum absolute atomic E-state index is 3.44. The van der Waals surface area contributed by atoms with E-state index in [2.05, 4.69) is 181 Å². The molecule has 0 unspecified atom stereocenters. The lowest BCUT2D eigenvalue weighted by molar-refractivity contribution is 1.69. The second-order valence-corrected chi connectivity index (χ2v) is 14.4. The van der Waals surface area contributed by atoms with E-state index in [-0.39, 0.29) is 0 Å². The van der Waals surface area contributed by atoms with Crippen LogP contribution in [0, 0.1) is 47.4 Å². The number of benzene rings is 10. The summed E-state index contributed by atoms with van der Waals surface area (Å²) in [6.45, 7) is 7.63. The Bertz CT molecular complexity index is 3400. The van der Waals surface area contributed by atoms with Gasteiger partial charge in [0.05, 0.1) is 0 Å². The lowest BCUT2D eigenvalue weighted by Gasteiger charge is -2.14. The molecule has 0 heteroatoms. The molecule has 0 atom stereocenters. The average Bonchev–Trinajstić information content (AvgIpc) is 3.23. The first-order valence-corrected chi connectivity index (χ1v) is 19.0. The minimum atomic E-state index is 1.06. The van der Waals surface area contributed by atoms with Gasteiger partial charge >= 0.3 is 0 Å². The lowest BCUT2D eigenvalue weighted by atomic mass is 9.89. The Morgan fingerprint density at radius 2 is 0.518 bits per heavy atom. The van der Waals surface area contributed by atoms with Gasteiger partial charge in [-0.3, -0.25) is 0 Å². The van der Waals surface area contributed by atoms with E-state index in [0.29, 0.717) is 0 Å². The number of fused-ring (bicyclic) bond motifs is 8. The van der Waals surface area contributed by atoms with Crippen molar-refractivity contribution in [1.82, 2.24) is 0 Å². The fourth-order valence-electron chi connectivity index (χ4n) is 8.74. The molecular formula is C56H34. The minimum Gasteiger partial charge on any atom is -0.101 e. The van der Waals surface area contributed by atoms with Crippen molar-refractivity contribution in [2.75, 3.05) is 0 Å². The van der Waals surface area contributed by atoms with E-state index in [0.717, 1.165) is 65.3 Å². The van der Waals surface area contributed by atoms with Gasteiger partial charge in [-0.25, -0.2) is 0 Å². The molecule has 258 valence electrons. The Morgan fingerprint density at radius 3 is 0.804 bits per heavy atom. The van der Waals surface area contributed by atoms with Crippen molar-refractivity contribution in [2.45, 2.75) is 27.7 Å². The van der Waals surface area contributed by atoms with Crippen LogP contribution in [0.25, 0.3) is 97.3 Å². The van der Waals surface area contributed by atoms with Crippen LogP contribution in [0.1, 0.15) is 49.9 Å². The summed E-state index contributed by atoms with van der Waals surface area (Å²) in [4.78, 5) is 0. The molecule has 0 aliphatic rings. The van der Waals surface area contributed by atoms with Crippen LogP contribution in [0.5, 0.6) is 0 Å². The number of hydrogen-bond donors (Lipinski definition) is 0. The maximum Gasteiger partial charge on any atom is 0.0403 e. The highest BCUT2D eigenvalue weighted by molar-refractivity contribution is 6.17. The molecule has 0 radical (unpaired) electrons. The summed E-state index contributed by atoms with van der Waals surface area (Å²) >= 11 is 0. The van der Waals surface area contributed by atoms with E-state index in [1.54, 1.807) is 0 Å². The van der Waals surface area contributed by atoms with Crippen LogP contribution in [0.2, 0.25) is 0 Å². The summed E-state index contributed by atoms with van der Waals surface area (Å²) in [7, 11) is 0. The molecule has 10 rings (SSSR count). The van der Waals surface area contributed by atoms with Crippen molar-refractivity contribution in [3.63, 3.8) is 0 Å². The summed E-state index contributed by atoms with van der Waals surface area (Å²) in [5, 5.41) is 18.8. The van der Waals surface area contributed by atoms with Gasteiger partial charge in [0.2, 0.25) is 0 Å². The van der Waals surface area contributed by atoms with Gasteiger partial charge in [0.1, 0.15) is 0 Å². The minimum absolute atomic E-state index is 1.06. The molecule has 10 aromatic carbocycles. The van der Waals surface area contributed by atoms with Gasteiger partial charge in [0, 0.05) is 22.3 Å². The molecule has 0 spiro atoms. The molecule has 0 amide bonds. The highest BCUT2D eigenvalue weighted by atomic mass is 14.2. The zero-order chi connectivity index (χ0) is 37.9. The van der Waals surface area contributed by atoms with Crippen molar-refractivity contribution in [3.8, 4) is 58.5 Å². The fraction of sp³-hybridized carbons (Fsp3) is 0.0714. The topological polar surface area (TPSA) is 0 Å². The van der Waals surface area contributed by atoms with E-state index in [1.165, 1.54) is 54.2 Å². The van der Waals surface area contributed by atoms with Crippen LogP contribution >= 0.6 is 0 Å². The highest BCUT2D eigenvalue weighted by Gasteiger charge is 2.16. The summed E-state index contributed by atoms with van der Waals surface area (Å²) in [6, 6.07) is 49.2. The summed E-state index contributed by atoms with van der Waals surface area (Å²) < 4.78 is 0. The third-order valence-corrected chi connectivity index (χ3v) is 11.2. The van der Waals surface area contributed by atoms with E-state index in [1.807, 2.05) is 27.7 Å². The molecule has 0 fully saturated rings. The molecular weight excluding hydrogens is 673 g/mol. The molecule has 0 saturated carbocycles. The zero-order valence-corrected chi connectivity index (χ0v) is 31.7. The number of rotatable bonds is 1. The van der Waals surface area contributed by atoms with Crippen LogP contribution in [-0.4, -0.2) is 0 Å². The molecule has 10 aromatic rings. The first kappa shape index (κ1) is 33.1. The van der Waals surface area contributed by atoms with Crippen molar-refractivity contribution < 1.29 is 0 Å². The predicted octanol–water partition coefficient (Wildman–Crippen LogP) is 14.1. The molecule has 0 aliphatic carbocycles. The summed E-state index contributed by atoms with van der Waals surface area (Å²) in [5.74, 6) is 26.4. The molecule has 0 saturated heterocycles. The lowest BCUT2D eigenvalue weighted by Crippen LogP contribution is -1.91. The van der Waals surface area contributed by atoms with Crippen LogP contribution in [0.15, 0.2) is 133 Å². The van der Waals surface area contributed by atoms with E-state index in [4.69, 9.17) is 0 Å². The fourth-order valence-corrected chi connectivity index (χ4v) is 8.74. The van der Waals surface area contributed by atoms with Crippen LogP contribution in [0.3, 0.4) is 0 Å². The highest BCUT2D eigenvalue weighted by Crippen LogP contribution is 2.39. The van der Waals surface area contributed by atoms with Gasteiger partial charge in [-0.2, -0.15) is 0 Å². The summed E-state index contributed by atoms with van der Waals surface area (Å²) in [5.41, 5.74) is 6.63. The Morgan fingerprint density at radius 1 is 0.250 bits per heavy atom. The van der Waals surface area contributed by atoms with E-state index >= 15 is 0 Å². The second-order valence-electron chi connectivity index (χ2n) is 14.4. The van der Waals surface area contributed by atoms with E-state index < -0.39 is 0 Å². The SMILES string of the molecule is CC#Cc1c2ccccc2c(C#CC)c2cc3cc4cc(-c5ccc6cc7cc8c(C#CC)c9ccccc9c(C#CC)c8cc7cc6c5)ccc4cc3cc12. The molecule has 0 nitrogen and oxygen atoms in total. The second kappa shape index (κ2) is 13.1. The van der Waals surface area contributed by atoms with E-state index in [9.17, 15) is 0 Å². The number of hydrogen-bond acceptors (Lipinski definition) is 0. The van der Waals surface area contributed by atoms with Crippen LogP contribution < -0.4 is 0 Å². The average molecular weight is 707 g/mol. The third kappa shape index (κ3) is 5.17. The Kier molecular flexibility index (Phi) is 7.76. The van der Waals surface area contributed by atoms with Crippen molar-refractivity contribution in [3.05, 3.63) is 156 Å². The molecule has 0 N–H and O–H groups in total. The van der Waals surface area contributed by atoms with Gasteiger partial charge in [-0.05, 0) is 186 Å². The van der Waals surface area contributed by atoms with Gasteiger partial charge in [0.15, 0.2) is 0 Å². The monoisotopic (exact) mass is 706 g/mol. The van der Waals surface area contributed by atoms with Crippen LogP contribution in [-0.2, 0) is 0 Å². The van der Waals surface area contributed by atoms with Gasteiger partial charge in [-0.1, -0.05) is 96.5 Å². The standard InChI is InChI=1S/C56H34/c1-5-13-45-49-17-9-11-19-51(49)47(15-7-3)55-33-43-29-39-25-35(21-23-37(39)27-41(43)31-53(45)55)36-22-24-38-28-42-32-54-46(14-6-2)50-18-10-12-20-52(50)48(16-8-4)56(54)34-44(42)30-40(38)26-36/h9-12,17-34H,1-4H3. The molecule has 0 aliphatic heterocycles. The first-order valence-electron chi connectivity index (χ1n) is 19.0. The normalized spacial score (nSPS) is 11.0. The van der Waals surface area contributed by atoms with Gasteiger partial charge in [0.25, 0.3) is 0 Å². The predicted molar refractivity (Wildman–Crippen MR) is 242 cm³/mol. The largest absolute Gasteiger partial charge is 0.101 e. The molecule has 0 bridgehead atoms. The molecule has 0 heterocycles.